The number of alkyl carbamates (subject to hydrolysis) is 2. The number of imidazole rings is 1. The van der Waals surface area contributed by atoms with Crippen molar-refractivity contribution in [2.75, 3.05) is 13.1 Å². The number of aliphatic imine (C=N–C) groups is 1. The van der Waals surface area contributed by atoms with Crippen LogP contribution in [0.4, 0.5) is 9.59 Å². The Balaban J connectivity index is 0.857. The molecule has 3 aromatic rings. The van der Waals surface area contributed by atoms with Crippen molar-refractivity contribution in [2.24, 2.45) is 16.8 Å². The fourth-order valence-electron chi connectivity index (χ4n) is 9.20. The van der Waals surface area contributed by atoms with Gasteiger partial charge in [-0.2, -0.15) is 0 Å². The number of hydrogen-bond donors (Lipinski definition) is 3. The normalized spacial score (nSPS) is 21.1. The van der Waals surface area contributed by atoms with Gasteiger partial charge in [-0.25, -0.2) is 14.6 Å². The first-order valence-electron chi connectivity index (χ1n) is 22.4. The second-order valence-electron chi connectivity index (χ2n) is 17.9. The molecule has 13 nitrogen and oxygen atoms in total. The maximum absolute atomic E-state index is 13.9. The summed E-state index contributed by atoms with van der Waals surface area (Å²) in [5.74, 6) is 0.121. The maximum Gasteiger partial charge on any atom is 0.408 e. The highest BCUT2D eigenvalue weighted by molar-refractivity contribution is 6.05. The van der Waals surface area contributed by atoms with E-state index >= 15 is 0 Å². The fourth-order valence-corrected chi connectivity index (χ4v) is 9.20. The van der Waals surface area contributed by atoms with E-state index in [0.717, 1.165) is 90.6 Å². The number of aromatic amines is 1. The summed E-state index contributed by atoms with van der Waals surface area (Å²) in [4.78, 5) is 69.6. The largest absolute Gasteiger partial charge is 0.446 e. The molecule has 2 fully saturated rings. The monoisotopic (exact) mass is 841 g/mol. The Labute approximate surface area is 364 Å². The first kappa shape index (κ1) is 42.7. The topological polar surface area (TPSA) is 158 Å². The molecular weight excluding hydrogens is 783 g/mol. The van der Waals surface area contributed by atoms with E-state index in [4.69, 9.17) is 14.5 Å². The lowest BCUT2D eigenvalue weighted by Crippen LogP contribution is -2.54. The Bertz CT molecular complexity index is 2230. The van der Waals surface area contributed by atoms with E-state index < -0.39 is 24.3 Å². The van der Waals surface area contributed by atoms with Crippen molar-refractivity contribution in [3.05, 3.63) is 96.6 Å². The molecule has 5 aliphatic rings. The van der Waals surface area contributed by atoms with Gasteiger partial charge < -0.3 is 34.9 Å². The molecule has 326 valence electrons. The highest BCUT2D eigenvalue weighted by atomic mass is 16.6. The number of hydrogen-bond acceptors (Lipinski definition) is 8. The van der Waals surface area contributed by atoms with E-state index in [2.05, 4.69) is 69.1 Å². The van der Waals surface area contributed by atoms with Crippen molar-refractivity contribution in [1.82, 2.24) is 30.4 Å². The van der Waals surface area contributed by atoms with Crippen LogP contribution in [0, 0.1) is 11.8 Å². The quantitative estimate of drug-likeness (QED) is 0.146. The standard InChI is InChI=1S/C49H59N7O6/c1-30(2)43(53-48(59)61-37-11-5-6-12-37)46(57)55-25-9-15-41(55)39-27-36(28-50-39)34-19-17-32(18-20-34)33-21-23-35(24-22-33)40-29-51-45(52-40)42-16-10-26-56(42)47(58)44(31(3)4)54-49(60)62-38-13-7-8-14-38/h9-10,15-24,28-31,37-38,41-44H,5-8,11-14,25-27H2,1-4H3,(H,51,52)(H,53,59)(H,54,60)/t41?,42-,43-,44-/m0/s1. The molecule has 4 amide bonds. The minimum absolute atomic E-state index is 0.0732. The molecule has 0 bridgehead atoms. The van der Waals surface area contributed by atoms with Crippen LogP contribution in [0.1, 0.15) is 103 Å². The van der Waals surface area contributed by atoms with E-state index in [1.165, 1.54) is 0 Å². The van der Waals surface area contributed by atoms with Crippen LogP contribution in [-0.4, -0.2) is 92.9 Å². The molecular formula is C49H59N7O6. The third-order valence-corrected chi connectivity index (χ3v) is 12.8. The fraction of sp³-hybridized carbons (Fsp3) is 0.469. The lowest BCUT2D eigenvalue weighted by Gasteiger charge is -2.31. The zero-order valence-electron chi connectivity index (χ0n) is 36.2. The van der Waals surface area contributed by atoms with Gasteiger partial charge in [0.2, 0.25) is 11.8 Å². The Hall–Kier alpha value is -5.98. The van der Waals surface area contributed by atoms with Crippen LogP contribution in [-0.2, 0) is 19.1 Å². The van der Waals surface area contributed by atoms with Gasteiger partial charge in [-0.3, -0.25) is 14.6 Å². The van der Waals surface area contributed by atoms with Crippen LogP contribution in [0.2, 0.25) is 0 Å². The van der Waals surface area contributed by atoms with Crippen LogP contribution in [0.25, 0.3) is 28.0 Å². The summed E-state index contributed by atoms with van der Waals surface area (Å²) >= 11 is 0. The molecule has 2 aromatic carbocycles. The van der Waals surface area contributed by atoms with E-state index in [1.807, 2.05) is 58.2 Å². The molecule has 0 saturated heterocycles. The van der Waals surface area contributed by atoms with Gasteiger partial charge in [0.05, 0.1) is 17.9 Å². The SMILES string of the molecule is CC(C)[C@H](NC(=O)OC1CCCC1)C(=O)N1CC=CC1C1=NC=C(c2ccc(-c3ccc(-c4cnc([C@@H]5C=CCN5C(=O)[C@@H](NC(=O)OC5CCCC5)C(C)C)[nH]4)cc3)cc2)C1. The van der Waals surface area contributed by atoms with E-state index in [1.54, 1.807) is 16.0 Å². The van der Waals surface area contributed by atoms with Gasteiger partial charge in [-0.15, -0.1) is 0 Å². The Kier molecular flexibility index (Phi) is 13.1. The summed E-state index contributed by atoms with van der Waals surface area (Å²) in [6.07, 6.45) is 18.8. The van der Waals surface area contributed by atoms with Gasteiger partial charge in [0.25, 0.3) is 0 Å². The van der Waals surface area contributed by atoms with Gasteiger partial charge in [-0.05, 0) is 91.0 Å². The number of ether oxygens (including phenoxy) is 2. The van der Waals surface area contributed by atoms with E-state index in [0.29, 0.717) is 25.3 Å². The predicted molar refractivity (Wildman–Crippen MR) is 239 cm³/mol. The Morgan fingerprint density at radius 1 is 0.661 bits per heavy atom. The number of rotatable bonds is 13. The number of nitrogens with zero attached hydrogens (tertiary/aromatic N) is 4. The number of nitrogens with one attached hydrogen (secondary N) is 3. The number of carbonyl (C=O) groups is 4. The minimum atomic E-state index is -0.715. The lowest BCUT2D eigenvalue weighted by molar-refractivity contribution is -0.135. The molecule has 3 N–H and O–H groups in total. The van der Waals surface area contributed by atoms with E-state index in [9.17, 15) is 19.2 Å². The molecule has 62 heavy (non-hydrogen) atoms. The number of benzene rings is 2. The number of allylic oxidation sites excluding steroid dienone is 1. The van der Waals surface area contributed by atoms with Gasteiger partial charge in [0.1, 0.15) is 36.2 Å². The van der Waals surface area contributed by atoms with Crippen LogP contribution in [0.3, 0.4) is 0 Å². The second-order valence-corrected chi connectivity index (χ2v) is 17.9. The van der Waals surface area contributed by atoms with Gasteiger partial charge in [0.15, 0.2) is 0 Å². The molecule has 0 radical (unpaired) electrons. The molecule has 8 rings (SSSR count). The predicted octanol–water partition coefficient (Wildman–Crippen LogP) is 8.52. The first-order valence-corrected chi connectivity index (χ1v) is 22.4. The first-order chi connectivity index (χ1) is 30.0. The zero-order valence-corrected chi connectivity index (χ0v) is 36.2. The lowest BCUT2D eigenvalue weighted by atomic mass is 9.96. The van der Waals surface area contributed by atoms with Crippen molar-refractivity contribution < 1.29 is 28.7 Å². The molecule has 3 aliphatic heterocycles. The third-order valence-electron chi connectivity index (χ3n) is 12.8. The summed E-state index contributed by atoms with van der Waals surface area (Å²) in [7, 11) is 0. The average Bonchev–Trinajstić information content (AvgIpc) is 4.12. The second kappa shape index (κ2) is 19.0. The smallest absolute Gasteiger partial charge is 0.408 e. The molecule has 2 saturated carbocycles. The molecule has 4 atom stereocenters. The average molecular weight is 842 g/mol. The molecule has 2 aliphatic carbocycles. The Morgan fingerprint density at radius 3 is 1.65 bits per heavy atom. The van der Waals surface area contributed by atoms with Crippen LogP contribution >= 0.6 is 0 Å². The highest BCUT2D eigenvalue weighted by Gasteiger charge is 2.38. The minimum Gasteiger partial charge on any atom is -0.446 e. The highest BCUT2D eigenvalue weighted by Crippen LogP contribution is 2.33. The van der Waals surface area contributed by atoms with Crippen molar-refractivity contribution in [3.63, 3.8) is 0 Å². The zero-order chi connectivity index (χ0) is 43.3. The summed E-state index contributed by atoms with van der Waals surface area (Å²) < 4.78 is 11.2. The number of carbonyl (C=O) groups excluding carboxylic acids is 4. The van der Waals surface area contributed by atoms with Crippen LogP contribution in [0.5, 0.6) is 0 Å². The number of amides is 4. The summed E-state index contributed by atoms with van der Waals surface area (Å²) in [6, 6.07) is 14.7. The summed E-state index contributed by atoms with van der Waals surface area (Å²) in [6.45, 7) is 8.61. The molecule has 4 heterocycles. The molecule has 13 heteroatoms. The maximum atomic E-state index is 13.9. The van der Waals surface area contributed by atoms with Crippen LogP contribution in [0.15, 0.2) is 90.2 Å². The van der Waals surface area contributed by atoms with Crippen molar-refractivity contribution in [3.8, 4) is 22.4 Å². The van der Waals surface area contributed by atoms with E-state index in [-0.39, 0.29) is 47.9 Å². The van der Waals surface area contributed by atoms with Crippen LogP contribution < -0.4 is 10.6 Å². The third kappa shape index (κ3) is 9.56. The van der Waals surface area contributed by atoms with Crippen molar-refractivity contribution in [1.29, 1.82) is 0 Å². The van der Waals surface area contributed by atoms with Gasteiger partial charge in [-0.1, -0.05) is 101 Å². The molecule has 1 aromatic heterocycles. The number of aromatic nitrogens is 2. The van der Waals surface area contributed by atoms with Gasteiger partial charge >= 0.3 is 12.2 Å². The van der Waals surface area contributed by atoms with Crippen molar-refractivity contribution in [2.45, 2.75) is 122 Å². The summed E-state index contributed by atoms with van der Waals surface area (Å²) in [5, 5.41) is 5.71. The van der Waals surface area contributed by atoms with Gasteiger partial charge in [0, 0.05) is 31.4 Å². The number of H-pyrrole nitrogens is 1. The Morgan fingerprint density at radius 2 is 1.13 bits per heavy atom. The molecule has 0 spiro atoms. The molecule has 1 unspecified atom stereocenters. The van der Waals surface area contributed by atoms with Crippen molar-refractivity contribution >= 4 is 35.3 Å². The summed E-state index contributed by atoms with van der Waals surface area (Å²) in [5.41, 5.74) is 7.00.